The summed E-state index contributed by atoms with van der Waals surface area (Å²) in [5, 5.41) is 8.24. The van der Waals surface area contributed by atoms with Gasteiger partial charge in [0.25, 0.3) is 5.91 Å². The number of benzene rings is 1. The van der Waals surface area contributed by atoms with Crippen LogP contribution < -0.4 is 5.43 Å². The van der Waals surface area contributed by atoms with Gasteiger partial charge in [0.05, 0.1) is 19.0 Å². The molecular weight excluding hydrogens is 330 g/mol. The fraction of sp³-hybridized carbons (Fsp3) is 0.368. The summed E-state index contributed by atoms with van der Waals surface area (Å²) in [6.45, 7) is 1.38. The van der Waals surface area contributed by atoms with Crippen LogP contribution in [-0.4, -0.2) is 45.8 Å². The van der Waals surface area contributed by atoms with E-state index in [1.165, 1.54) is 0 Å². The first-order chi connectivity index (χ1) is 12.7. The highest BCUT2D eigenvalue weighted by atomic mass is 16.2. The van der Waals surface area contributed by atoms with Crippen molar-refractivity contribution in [2.45, 2.75) is 32.2 Å². The Kier molecular flexibility index (Phi) is 6.14. The number of hydrogen-bond donors (Lipinski definition) is 1. The number of likely N-dealkylation sites (tertiary alicyclic amines) is 1. The first kappa shape index (κ1) is 17.8. The van der Waals surface area contributed by atoms with Gasteiger partial charge in [0, 0.05) is 24.7 Å². The van der Waals surface area contributed by atoms with Crippen LogP contribution in [0.5, 0.6) is 0 Å². The van der Waals surface area contributed by atoms with Crippen LogP contribution in [0.3, 0.4) is 0 Å². The smallest absolute Gasteiger partial charge is 0.259 e. The number of hydrogen-bond acceptors (Lipinski definition) is 4. The molecular formula is C19H23N5O2. The lowest BCUT2D eigenvalue weighted by Gasteiger charge is -2.18. The molecule has 2 aromatic rings. The molecule has 0 saturated carbocycles. The monoisotopic (exact) mass is 353 g/mol. The zero-order valence-electron chi connectivity index (χ0n) is 14.7. The van der Waals surface area contributed by atoms with Crippen LogP contribution in [0.2, 0.25) is 0 Å². The summed E-state index contributed by atoms with van der Waals surface area (Å²) < 4.78 is 1.81. The van der Waals surface area contributed by atoms with Crippen molar-refractivity contribution in [3.63, 3.8) is 0 Å². The van der Waals surface area contributed by atoms with Crippen molar-refractivity contribution in [3.05, 3.63) is 53.9 Å². The maximum absolute atomic E-state index is 12.0. The van der Waals surface area contributed by atoms with E-state index in [0.717, 1.165) is 30.4 Å². The Morgan fingerprint density at radius 1 is 1.23 bits per heavy atom. The third-order valence-electron chi connectivity index (χ3n) is 4.25. The lowest BCUT2D eigenvalue weighted by atomic mass is 10.2. The van der Waals surface area contributed by atoms with E-state index < -0.39 is 0 Å². The molecule has 1 saturated heterocycles. The van der Waals surface area contributed by atoms with E-state index in [2.05, 4.69) is 15.6 Å². The fourth-order valence-corrected chi connectivity index (χ4v) is 2.90. The molecule has 1 N–H and O–H groups in total. The summed E-state index contributed by atoms with van der Waals surface area (Å²) >= 11 is 0. The van der Waals surface area contributed by atoms with Crippen LogP contribution in [-0.2, 0) is 16.1 Å². The molecule has 1 fully saturated rings. The van der Waals surface area contributed by atoms with E-state index in [1.807, 2.05) is 41.2 Å². The molecule has 26 heavy (non-hydrogen) atoms. The topological polar surface area (TPSA) is 79.6 Å². The van der Waals surface area contributed by atoms with Crippen molar-refractivity contribution in [2.24, 2.45) is 5.10 Å². The van der Waals surface area contributed by atoms with E-state index in [4.69, 9.17) is 0 Å². The van der Waals surface area contributed by atoms with Crippen molar-refractivity contribution in [1.82, 2.24) is 20.1 Å². The Bertz CT molecular complexity index is 769. The number of rotatable bonds is 6. The minimum Gasteiger partial charge on any atom is -0.333 e. The third kappa shape index (κ3) is 5.27. The Hall–Kier alpha value is -2.96. The summed E-state index contributed by atoms with van der Waals surface area (Å²) in [4.78, 5) is 25.5. The van der Waals surface area contributed by atoms with Crippen LogP contribution in [0.25, 0.3) is 0 Å². The molecule has 1 aliphatic rings. The number of carbonyl (C=O) groups excluding carboxylic acids is 2. The van der Waals surface area contributed by atoms with Gasteiger partial charge in [0.15, 0.2) is 0 Å². The van der Waals surface area contributed by atoms with E-state index in [9.17, 15) is 9.59 Å². The van der Waals surface area contributed by atoms with Gasteiger partial charge in [-0.1, -0.05) is 36.8 Å². The zero-order chi connectivity index (χ0) is 18.2. The Morgan fingerprint density at radius 3 is 2.92 bits per heavy atom. The SMILES string of the molecule is O=C(CN1CCCCCC1=O)N/N=C\c1cnn(Cc2ccccc2)c1. The van der Waals surface area contributed by atoms with Gasteiger partial charge >= 0.3 is 0 Å². The predicted molar refractivity (Wildman–Crippen MR) is 98.6 cm³/mol. The van der Waals surface area contributed by atoms with Crippen molar-refractivity contribution < 1.29 is 9.59 Å². The van der Waals surface area contributed by atoms with E-state index >= 15 is 0 Å². The summed E-state index contributed by atoms with van der Waals surface area (Å²) in [5.41, 5.74) is 4.44. The number of carbonyl (C=O) groups is 2. The average molecular weight is 353 g/mol. The lowest BCUT2D eigenvalue weighted by molar-refractivity contribution is -0.135. The second-order valence-electron chi connectivity index (χ2n) is 6.38. The zero-order valence-corrected chi connectivity index (χ0v) is 14.7. The first-order valence-corrected chi connectivity index (χ1v) is 8.87. The molecule has 136 valence electrons. The van der Waals surface area contributed by atoms with Gasteiger partial charge in [-0.2, -0.15) is 10.2 Å². The lowest BCUT2D eigenvalue weighted by Crippen LogP contribution is -2.39. The molecule has 2 heterocycles. The maximum atomic E-state index is 12.0. The van der Waals surface area contributed by atoms with Gasteiger partial charge < -0.3 is 4.90 Å². The number of hydrazone groups is 1. The van der Waals surface area contributed by atoms with E-state index in [1.54, 1.807) is 17.3 Å². The molecule has 2 amide bonds. The maximum Gasteiger partial charge on any atom is 0.259 e. The van der Waals surface area contributed by atoms with Crippen LogP contribution in [0.15, 0.2) is 47.8 Å². The normalized spacial score (nSPS) is 15.2. The second-order valence-corrected chi connectivity index (χ2v) is 6.38. The molecule has 0 atom stereocenters. The fourth-order valence-electron chi connectivity index (χ4n) is 2.90. The Labute approximate surface area is 152 Å². The van der Waals surface area contributed by atoms with Crippen molar-refractivity contribution in [1.29, 1.82) is 0 Å². The minimum atomic E-state index is -0.284. The van der Waals surface area contributed by atoms with Crippen molar-refractivity contribution >= 4 is 18.0 Å². The highest BCUT2D eigenvalue weighted by molar-refractivity contribution is 5.86. The first-order valence-electron chi connectivity index (χ1n) is 8.87. The van der Waals surface area contributed by atoms with Crippen LogP contribution in [0, 0.1) is 0 Å². The standard InChI is InChI=1S/C19H23N5O2/c25-18(15-23-10-6-2-5-9-19(23)26)22-20-11-17-12-21-24(14-17)13-16-7-3-1-4-8-16/h1,3-4,7-8,11-12,14H,2,5-6,9-10,13,15H2,(H,22,25)/b20-11-. The molecule has 0 radical (unpaired) electrons. The summed E-state index contributed by atoms with van der Waals surface area (Å²) in [7, 11) is 0. The van der Waals surface area contributed by atoms with E-state index in [0.29, 0.717) is 19.5 Å². The number of aromatic nitrogens is 2. The molecule has 0 aliphatic carbocycles. The van der Waals surface area contributed by atoms with Crippen molar-refractivity contribution in [3.8, 4) is 0 Å². The van der Waals surface area contributed by atoms with Gasteiger partial charge in [-0.15, -0.1) is 0 Å². The summed E-state index contributed by atoms with van der Waals surface area (Å²) in [6.07, 6.45) is 8.52. The highest BCUT2D eigenvalue weighted by Crippen LogP contribution is 2.10. The molecule has 0 unspecified atom stereocenters. The molecule has 1 aromatic heterocycles. The molecule has 0 spiro atoms. The molecule has 1 aliphatic heterocycles. The second kappa shape index (κ2) is 8.94. The third-order valence-corrected chi connectivity index (χ3v) is 4.25. The summed E-state index contributed by atoms with van der Waals surface area (Å²) in [5.74, 6) is -0.239. The molecule has 7 nitrogen and oxygen atoms in total. The average Bonchev–Trinajstić information content (AvgIpc) is 2.98. The quantitative estimate of drug-likeness (QED) is 0.635. The largest absolute Gasteiger partial charge is 0.333 e. The van der Waals surface area contributed by atoms with Crippen LogP contribution in [0.4, 0.5) is 0 Å². The Morgan fingerprint density at radius 2 is 2.08 bits per heavy atom. The van der Waals surface area contributed by atoms with Gasteiger partial charge in [0.1, 0.15) is 6.54 Å². The van der Waals surface area contributed by atoms with Gasteiger partial charge in [0.2, 0.25) is 5.91 Å². The van der Waals surface area contributed by atoms with Gasteiger partial charge in [-0.3, -0.25) is 14.3 Å². The number of nitrogens with one attached hydrogen (secondary N) is 1. The minimum absolute atomic E-state index is 0.0452. The predicted octanol–water partition coefficient (Wildman–Crippen LogP) is 1.78. The van der Waals surface area contributed by atoms with E-state index in [-0.39, 0.29) is 18.4 Å². The summed E-state index contributed by atoms with van der Waals surface area (Å²) in [6, 6.07) is 10.0. The highest BCUT2D eigenvalue weighted by Gasteiger charge is 2.18. The van der Waals surface area contributed by atoms with Crippen LogP contribution >= 0.6 is 0 Å². The van der Waals surface area contributed by atoms with Gasteiger partial charge in [-0.05, 0) is 18.4 Å². The number of nitrogens with zero attached hydrogens (tertiary/aromatic N) is 4. The van der Waals surface area contributed by atoms with Crippen molar-refractivity contribution in [2.75, 3.05) is 13.1 Å². The molecule has 7 heteroatoms. The molecule has 0 bridgehead atoms. The Balaban J connectivity index is 1.47. The molecule has 3 rings (SSSR count). The van der Waals surface area contributed by atoms with Crippen LogP contribution in [0.1, 0.15) is 36.8 Å². The number of amides is 2. The van der Waals surface area contributed by atoms with Gasteiger partial charge in [-0.25, -0.2) is 5.43 Å². The molecule has 1 aromatic carbocycles.